The van der Waals surface area contributed by atoms with Crippen molar-refractivity contribution in [3.05, 3.63) is 23.9 Å². The molecule has 1 nitrogen and oxygen atoms in total. The average molecular weight is 197 g/mol. The van der Waals surface area contributed by atoms with Crippen molar-refractivity contribution in [2.24, 2.45) is 0 Å². The van der Waals surface area contributed by atoms with Crippen LogP contribution >= 0.6 is 12.6 Å². The van der Waals surface area contributed by atoms with Crippen LogP contribution < -0.4 is 5.32 Å². The SMILES string of the molecule is CCCCCNC1=CCC(S)C=C1. The molecule has 0 saturated heterocycles. The molecule has 0 aliphatic heterocycles. The fourth-order valence-corrected chi connectivity index (χ4v) is 1.54. The summed E-state index contributed by atoms with van der Waals surface area (Å²) in [5, 5.41) is 3.84. The molecule has 0 aromatic heterocycles. The van der Waals surface area contributed by atoms with Crippen molar-refractivity contribution in [2.75, 3.05) is 6.54 Å². The fraction of sp³-hybridized carbons (Fsp3) is 0.636. The van der Waals surface area contributed by atoms with Crippen molar-refractivity contribution in [2.45, 2.75) is 37.9 Å². The van der Waals surface area contributed by atoms with E-state index in [-0.39, 0.29) is 0 Å². The second-order valence-electron chi connectivity index (χ2n) is 3.46. The van der Waals surface area contributed by atoms with Gasteiger partial charge in [-0.15, -0.1) is 0 Å². The van der Waals surface area contributed by atoms with Crippen LogP contribution in [0.25, 0.3) is 0 Å². The summed E-state index contributed by atoms with van der Waals surface area (Å²) in [4.78, 5) is 0. The van der Waals surface area contributed by atoms with E-state index in [0.717, 1.165) is 13.0 Å². The first-order chi connectivity index (χ1) is 6.33. The Labute approximate surface area is 86.7 Å². The van der Waals surface area contributed by atoms with Crippen molar-refractivity contribution < 1.29 is 0 Å². The summed E-state index contributed by atoms with van der Waals surface area (Å²) in [6.07, 6.45) is 11.4. The van der Waals surface area contributed by atoms with E-state index in [0.29, 0.717) is 5.25 Å². The number of thiol groups is 1. The van der Waals surface area contributed by atoms with Crippen LogP contribution in [-0.4, -0.2) is 11.8 Å². The first-order valence-corrected chi connectivity index (χ1v) is 5.65. The maximum Gasteiger partial charge on any atom is 0.0297 e. The van der Waals surface area contributed by atoms with E-state index in [2.05, 4.69) is 43.1 Å². The van der Waals surface area contributed by atoms with Crippen molar-refractivity contribution in [3.8, 4) is 0 Å². The van der Waals surface area contributed by atoms with E-state index >= 15 is 0 Å². The number of unbranched alkanes of at least 4 members (excludes halogenated alkanes) is 2. The van der Waals surface area contributed by atoms with Gasteiger partial charge in [-0.2, -0.15) is 12.6 Å². The molecule has 13 heavy (non-hydrogen) atoms. The summed E-state index contributed by atoms with van der Waals surface area (Å²) >= 11 is 4.37. The third-order valence-electron chi connectivity index (χ3n) is 2.19. The van der Waals surface area contributed by atoms with Gasteiger partial charge in [0.25, 0.3) is 0 Å². The van der Waals surface area contributed by atoms with Crippen molar-refractivity contribution in [1.82, 2.24) is 5.32 Å². The number of allylic oxidation sites excluding steroid dienone is 2. The summed E-state index contributed by atoms with van der Waals surface area (Å²) in [5.74, 6) is 0. The average Bonchev–Trinajstić information content (AvgIpc) is 2.15. The molecule has 0 amide bonds. The van der Waals surface area contributed by atoms with Gasteiger partial charge in [0.05, 0.1) is 0 Å². The topological polar surface area (TPSA) is 12.0 Å². The van der Waals surface area contributed by atoms with Gasteiger partial charge in [0, 0.05) is 17.5 Å². The number of hydrogen-bond acceptors (Lipinski definition) is 2. The third-order valence-corrected chi connectivity index (χ3v) is 2.57. The Bertz CT molecular complexity index is 196. The van der Waals surface area contributed by atoms with Gasteiger partial charge in [0.1, 0.15) is 0 Å². The van der Waals surface area contributed by atoms with E-state index in [9.17, 15) is 0 Å². The Morgan fingerprint density at radius 1 is 1.54 bits per heavy atom. The van der Waals surface area contributed by atoms with Crippen LogP contribution in [0.3, 0.4) is 0 Å². The highest BCUT2D eigenvalue weighted by Crippen LogP contribution is 2.12. The normalized spacial score (nSPS) is 21.4. The smallest absolute Gasteiger partial charge is 0.0297 e. The van der Waals surface area contributed by atoms with E-state index in [1.165, 1.54) is 25.0 Å². The lowest BCUT2D eigenvalue weighted by atomic mass is 10.1. The lowest BCUT2D eigenvalue weighted by Gasteiger charge is -2.12. The Balaban J connectivity index is 2.12. The summed E-state index contributed by atoms with van der Waals surface area (Å²) in [5.41, 5.74) is 1.27. The van der Waals surface area contributed by atoms with E-state index in [4.69, 9.17) is 0 Å². The predicted molar refractivity (Wildman–Crippen MR) is 62.1 cm³/mol. The monoisotopic (exact) mass is 197 g/mol. The first kappa shape index (κ1) is 10.7. The molecule has 0 radical (unpaired) electrons. The minimum atomic E-state index is 0.418. The molecule has 0 spiro atoms. The van der Waals surface area contributed by atoms with E-state index < -0.39 is 0 Å². The zero-order chi connectivity index (χ0) is 9.52. The van der Waals surface area contributed by atoms with Crippen molar-refractivity contribution in [1.29, 1.82) is 0 Å². The highest BCUT2D eigenvalue weighted by Gasteiger charge is 2.02. The first-order valence-electron chi connectivity index (χ1n) is 5.13. The summed E-state index contributed by atoms with van der Waals surface area (Å²) < 4.78 is 0. The van der Waals surface area contributed by atoms with Crippen LogP contribution in [0.1, 0.15) is 32.6 Å². The molecule has 0 saturated carbocycles. The zero-order valence-corrected chi connectivity index (χ0v) is 9.19. The molecule has 1 aliphatic carbocycles. The predicted octanol–water partition coefficient (Wildman–Crippen LogP) is 2.91. The van der Waals surface area contributed by atoms with Crippen molar-refractivity contribution >= 4 is 12.6 Å². The minimum absolute atomic E-state index is 0.418. The van der Waals surface area contributed by atoms with Gasteiger partial charge in [-0.05, 0) is 18.9 Å². The molecule has 0 aromatic carbocycles. The largest absolute Gasteiger partial charge is 0.385 e. The summed E-state index contributed by atoms with van der Waals surface area (Å²) in [7, 11) is 0. The molecule has 1 unspecified atom stereocenters. The van der Waals surface area contributed by atoms with Crippen LogP contribution in [0.5, 0.6) is 0 Å². The Morgan fingerprint density at radius 3 is 3.00 bits per heavy atom. The molecule has 1 atom stereocenters. The maximum atomic E-state index is 4.37. The van der Waals surface area contributed by atoms with Gasteiger partial charge in [-0.1, -0.05) is 31.9 Å². The van der Waals surface area contributed by atoms with E-state index in [1.54, 1.807) is 0 Å². The van der Waals surface area contributed by atoms with Gasteiger partial charge in [0.15, 0.2) is 0 Å². The van der Waals surface area contributed by atoms with Crippen LogP contribution in [0.2, 0.25) is 0 Å². The zero-order valence-electron chi connectivity index (χ0n) is 8.29. The van der Waals surface area contributed by atoms with Gasteiger partial charge < -0.3 is 5.32 Å². The fourth-order valence-electron chi connectivity index (χ4n) is 1.35. The quantitative estimate of drug-likeness (QED) is 0.510. The lowest BCUT2D eigenvalue weighted by molar-refractivity contribution is 0.670. The maximum absolute atomic E-state index is 4.37. The Morgan fingerprint density at radius 2 is 2.38 bits per heavy atom. The number of rotatable bonds is 5. The molecule has 74 valence electrons. The number of nitrogens with one attached hydrogen (secondary N) is 1. The Hall–Kier alpha value is -0.370. The molecule has 0 aromatic rings. The van der Waals surface area contributed by atoms with Crippen LogP contribution in [0.4, 0.5) is 0 Å². The lowest BCUT2D eigenvalue weighted by Crippen LogP contribution is -2.15. The summed E-state index contributed by atoms with van der Waals surface area (Å²) in [6, 6.07) is 0. The molecule has 2 heteroatoms. The van der Waals surface area contributed by atoms with Crippen LogP contribution in [-0.2, 0) is 0 Å². The molecule has 0 fully saturated rings. The van der Waals surface area contributed by atoms with Crippen LogP contribution in [0.15, 0.2) is 23.9 Å². The molecule has 1 N–H and O–H groups in total. The molecule has 0 heterocycles. The van der Waals surface area contributed by atoms with Gasteiger partial charge in [0.2, 0.25) is 0 Å². The minimum Gasteiger partial charge on any atom is -0.385 e. The molecule has 1 aliphatic rings. The molecule has 1 rings (SSSR count). The van der Waals surface area contributed by atoms with E-state index in [1.807, 2.05) is 0 Å². The van der Waals surface area contributed by atoms with Crippen molar-refractivity contribution in [3.63, 3.8) is 0 Å². The van der Waals surface area contributed by atoms with Gasteiger partial charge >= 0.3 is 0 Å². The third kappa shape index (κ3) is 4.41. The number of hydrogen-bond donors (Lipinski definition) is 2. The molecular weight excluding hydrogens is 178 g/mol. The Kier molecular flexibility index (Phi) is 5.06. The second-order valence-corrected chi connectivity index (χ2v) is 4.12. The highest BCUT2D eigenvalue weighted by molar-refractivity contribution is 7.81. The van der Waals surface area contributed by atoms with Crippen LogP contribution in [0, 0.1) is 0 Å². The molecule has 0 bridgehead atoms. The second kappa shape index (κ2) is 6.14. The standard InChI is InChI=1S/C11H19NS/c1-2-3-4-9-12-10-5-7-11(13)8-6-10/h5-7,11-13H,2-4,8-9H2,1H3. The van der Waals surface area contributed by atoms with Gasteiger partial charge in [-0.25, -0.2) is 0 Å². The summed E-state index contributed by atoms with van der Waals surface area (Å²) in [6.45, 7) is 3.33. The molecular formula is C11H19NS. The van der Waals surface area contributed by atoms with Gasteiger partial charge in [-0.3, -0.25) is 0 Å². The highest BCUT2D eigenvalue weighted by atomic mass is 32.1.